The number of ether oxygens (including phenoxy) is 1. The van der Waals surface area contributed by atoms with Gasteiger partial charge in [0.2, 0.25) is 21.8 Å². The highest BCUT2D eigenvalue weighted by Gasteiger charge is 2.29. The van der Waals surface area contributed by atoms with Gasteiger partial charge in [0.15, 0.2) is 0 Å². The van der Waals surface area contributed by atoms with Crippen molar-refractivity contribution in [3.05, 3.63) is 60.2 Å². The lowest BCUT2D eigenvalue weighted by Crippen LogP contribution is -2.49. The second-order valence-electron chi connectivity index (χ2n) is 6.32. The van der Waals surface area contributed by atoms with Crippen LogP contribution >= 0.6 is 0 Å². The molecule has 152 valence electrons. The molecule has 0 saturated carbocycles. The predicted molar refractivity (Wildman–Crippen MR) is 109 cm³/mol. The number of nitrogens with one attached hydrogen (secondary N) is 2. The molecule has 1 aliphatic heterocycles. The number of methoxy groups -OCH3 is 1. The Labute approximate surface area is 169 Å². The summed E-state index contributed by atoms with van der Waals surface area (Å²) in [5, 5.41) is 5.24. The SMILES string of the molecule is COc1cccc(C=CC(=O)Nc2cccc(S(=O)(=O)N3CCNC(=O)C3)c2)c1. The van der Waals surface area contributed by atoms with Gasteiger partial charge in [-0.1, -0.05) is 18.2 Å². The summed E-state index contributed by atoms with van der Waals surface area (Å²) in [4.78, 5) is 23.7. The number of carbonyl (C=O) groups excluding carboxylic acids is 2. The van der Waals surface area contributed by atoms with Crippen LogP contribution in [0.4, 0.5) is 5.69 Å². The molecule has 1 heterocycles. The fraction of sp³-hybridized carbons (Fsp3) is 0.200. The summed E-state index contributed by atoms with van der Waals surface area (Å²) in [6, 6.07) is 13.2. The van der Waals surface area contributed by atoms with Gasteiger partial charge in [-0.15, -0.1) is 0 Å². The van der Waals surface area contributed by atoms with Crippen LogP contribution in [0.1, 0.15) is 5.56 Å². The van der Waals surface area contributed by atoms with E-state index in [-0.39, 0.29) is 30.4 Å². The molecule has 29 heavy (non-hydrogen) atoms. The lowest BCUT2D eigenvalue weighted by molar-refractivity contribution is -0.122. The molecule has 0 bridgehead atoms. The van der Waals surface area contributed by atoms with E-state index in [0.717, 1.165) is 9.87 Å². The van der Waals surface area contributed by atoms with Crippen molar-refractivity contribution in [1.29, 1.82) is 0 Å². The summed E-state index contributed by atoms with van der Waals surface area (Å²) in [6.45, 7) is 0.250. The van der Waals surface area contributed by atoms with E-state index >= 15 is 0 Å². The zero-order chi connectivity index (χ0) is 20.9. The average Bonchev–Trinajstić information content (AvgIpc) is 2.72. The largest absolute Gasteiger partial charge is 0.497 e. The number of hydrogen-bond acceptors (Lipinski definition) is 5. The number of benzene rings is 2. The third-order valence-electron chi connectivity index (χ3n) is 4.26. The maximum absolute atomic E-state index is 12.7. The Morgan fingerprint density at radius 3 is 2.76 bits per heavy atom. The van der Waals surface area contributed by atoms with Crippen molar-refractivity contribution >= 4 is 33.6 Å². The van der Waals surface area contributed by atoms with Gasteiger partial charge in [0.1, 0.15) is 5.75 Å². The molecule has 2 aromatic carbocycles. The maximum Gasteiger partial charge on any atom is 0.248 e. The zero-order valence-corrected chi connectivity index (χ0v) is 16.6. The lowest BCUT2D eigenvalue weighted by Gasteiger charge is -2.26. The second-order valence-corrected chi connectivity index (χ2v) is 8.25. The number of amides is 2. The van der Waals surface area contributed by atoms with Gasteiger partial charge in [-0.2, -0.15) is 4.31 Å². The Bertz CT molecular complexity index is 1050. The summed E-state index contributed by atoms with van der Waals surface area (Å²) in [6.07, 6.45) is 2.98. The Morgan fingerprint density at radius 1 is 1.21 bits per heavy atom. The van der Waals surface area contributed by atoms with Crippen LogP contribution in [0.5, 0.6) is 5.75 Å². The molecule has 8 nitrogen and oxygen atoms in total. The van der Waals surface area contributed by atoms with Crippen LogP contribution in [-0.2, 0) is 19.6 Å². The van der Waals surface area contributed by atoms with Gasteiger partial charge in [-0.25, -0.2) is 8.42 Å². The van der Waals surface area contributed by atoms with Gasteiger partial charge in [-0.3, -0.25) is 9.59 Å². The van der Waals surface area contributed by atoms with Crippen molar-refractivity contribution in [3.63, 3.8) is 0 Å². The van der Waals surface area contributed by atoms with Crippen LogP contribution in [0.2, 0.25) is 0 Å². The first kappa shape index (κ1) is 20.6. The second kappa shape index (κ2) is 8.89. The summed E-state index contributed by atoms with van der Waals surface area (Å²) in [7, 11) is -2.26. The minimum absolute atomic E-state index is 0.0155. The Balaban J connectivity index is 1.71. The predicted octanol–water partition coefficient (Wildman–Crippen LogP) is 1.47. The number of rotatable bonds is 6. The van der Waals surface area contributed by atoms with Gasteiger partial charge < -0.3 is 15.4 Å². The summed E-state index contributed by atoms with van der Waals surface area (Å²) < 4.78 is 31.8. The topological polar surface area (TPSA) is 105 Å². The molecule has 0 radical (unpaired) electrons. The van der Waals surface area contributed by atoms with E-state index in [1.807, 2.05) is 12.1 Å². The summed E-state index contributed by atoms with van der Waals surface area (Å²) >= 11 is 0. The third kappa shape index (κ3) is 5.21. The van der Waals surface area contributed by atoms with E-state index in [0.29, 0.717) is 11.4 Å². The monoisotopic (exact) mass is 415 g/mol. The van der Waals surface area contributed by atoms with Crippen LogP contribution in [0.15, 0.2) is 59.5 Å². The Morgan fingerprint density at radius 2 is 2.00 bits per heavy atom. The number of carbonyl (C=O) groups is 2. The van der Waals surface area contributed by atoms with Crippen molar-refractivity contribution in [1.82, 2.24) is 9.62 Å². The summed E-state index contributed by atoms with van der Waals surface area (Å²) in [5.41, 5.74) is 1.13. The van der Waals surface area contributed by atoms with E-state index in [9.17, 15) is 18.0 Å². The van der Waals surface area contributed by atoms with Crippen molar-refractivity contribution in [2.24, 2.45) is 0 Å². The number of sulfonamides is 1. The number of anilines is 1. The molecule has 1 aliphatic rings. The van der Waals surface area contributed by atoms with Crippen LogP contribution in [0, 0.1) is 0 Å². The van der Waals surface area contributed by atoms with Crippen LogP contribution in [0.25, 0.3) is 6.08 Å². The molecule has 1 saturated heterocycles. The van der Waals surface area contributed by atoms with Gasteiger partial charge in [0.25, 0.3) is 0 Å². The van der Waals surface area contributed by atoms with Crippen LogP contribution in [0.3, 0.4) is 0 Å². The number of hydrogen-bond donors (Lipinski definition) is 2. The molecule has 3 rings (SSSR count). The fourth-order valence-electron chi connectivity index (χ4n) is 2.80. The molecule has 1 fully saturated rings. The van der Waals surface area contributed by atoms with Gasteiger partial charge in [0.05, 0.1) is 18.6 Å². The first-order valence-corrected chi connectivity index (χ1v) is 10.3. The van der Waals surface area contributed by atoms with E-state index in [1.165, 1.54) is 24.3 Å². The molecule has 0 spiro atoms. The number of piperazine rings is 1. The molecule has 0 aromatic heterocycles. The smallest absolute Gasteiger partial charge is 0.248 e. The molecule has 0 unspecified atom stereocenters. The highest BCUT2D eigenvalue weighted by Crippen LogP contribution is 2.20. The van der Waals surface area contributed by atoms with E-state index in [1.54, 1.807) is 31.4 Å². The zero-order valence-electron chi connectivity index (χ0n) is 15.8. The molecule has 0 atom stereocenters. The fourth-order valence-corrected chi connectivity index (χ4v) is 4.25. The molecule has 0 aliphatic carbocycles. The van der Waals surface area contributed by atoms with Crippen molar-refractivity contribution in [2.75, 3.05) is 32.1 Å². The van der Waals surface area contributed by atoms with Crippen molar-refractivity contribution in [2.45, 2.75) is 4.90 Å². The highest BCUT2D eigenvalue weighted by atomic mass is 32.2. The molecule has 2 amide bonds. The molecule has 2 aromatic rings. The molecular formula is C20H21N3O5S. The maximum atomic E-state index is 12.7. The Kier molecular flexibility index (Phi) is 6.30. The van der Waals surface area contributed by atoms with Crippen molar-refractivity contribution < 1.29 is 22.7 Å². The van der Waals surface area contributed by atoms with Crippen LogP contribution < -0.4 is 15.4 Å². The van der Waals surface area contributed by atoms with E-state index in [2.05, 4.69) is 10.6 Å². The minimum atomic E-state index is -3.83. The highest BCUT2D eigenvalue weighted by molar-refractivity contribution is 7.89. The van der Waals surface area contributed by atoms with Gasteiger partial charge in [-0.05, 0) is 42.0 Å². The summed E-state index contributed by atoms with van der Waals surface area (Å²) in [5.74, 6) is -0.0662. The third-order valence-corrected chi connectivity index (χ3v) is 6.10. The van der Waals surface area contributed by atoms with E-state index < -0.39 is 15.9 Å². The standard InChI is InChI=1S/C20H21N3O5S/c1-28-17-6-2-4-15(12-17)8-9-19(24)22-16-5-3-7-18(13-16)29(26,27)23-11-10-21-20(25)14-23/h2-9,12-13H,10-11,14H2,1H3,(H,21,25)(H,22,24). The molecule has 9 heteroatoms. The normalized spacial score (nSPS) is 15.1. The minimum Gasteiger partial charge on any atom is -0.497 e. The van der Waals surface area contributed by atoms with Crippen molar-refractivity contribution in [3.8, 4) is 5.75 Å². The van der Waals surface area contributed by atoms with Crippen LogP contribution in [-0.4, -0.2) is 51.3 Å². The quantitative estimate of drug-likeness (QED) is 0.695. The number of nitrogens with zero attached hydrogens (tertiary/aromatic N) is 1. The van der Waals surface area contributed by atoms with Gasteiger partial charge in [0, 0.05) is 24.9 Å². The first-order valence-electron chi connectivity index (χ1n) is 8.88. The average molecular weight is 415 g/mol. The lowest BCUT2D eigenvalue weighted by atomic mass is 10.2. The van der Waals surface area contributed by atoms with Gasteiger partial charge >= 0.3 is 0 Å². The molecular weight excluding hydrogens is 394 g/mol. The van der Waals surface area contributed by atoms with E-state index in [4.69, 9.17) is 4.74 Å². The molecule has 2 N–H and O–H groups in total. The first-order chi connectivity index (χ1) is 13.9. The Hall–Kier alpha value is -3.17.